The number of hydrogen-bond donors (Lipinski definition) is 3. The molecule has 1 atom stereocenters. The van der Waals surface area contributed by atoms with Gasteiger partial charge in [0.25, 0.3) is 0 Å². The average molecular weight is 291 g/mol. The number of nitrogens with one attached hydrogen (secondary N) is 2. The molecule has 0 aromatic heterocycles. The first-order chi connectivity index (χ1) is 9.85. The van der Waals surface area contributed by atoms with Crippen molar-refractivity contribution in [2.45, 2.75) is 32.2 Å². The summed E-state index contributed by atoms with van der Waals surface area (Å²) in [4.78, 5) is 14.2. The maximum Gasteiger partial charge on any atom is 0.319 e. The van der Waals surface area contributed by atoms with Crippen LogP contribution in [0.1, 0.15) is 25.3 Å². The second-order valence-electron chi connectivity index (χ2n) is 6.32. The van der Waals surface area contributed by atoms with Crippen LogP contribution in [0.25, 0.3) is 0 Å². The number of rotatable bonds is 5. The normalized spacial score (nSPS) is 17.0. The van der Waals surface area contributed by atoms with E-state index in [-0.39, 0.29) is 12.6 Å². The molecule has 3 N–H and O–H groups in total. The van der Waals surface area contributed by atoms with Gasteiger partial charge < -0.3 is 20.6 Å². The molecule has 0 bridgehead atoms. The molecule has 1 aromatic carbocycles. The number of amides is 2. The zero-order valence-corrected chi connectivity index (χ0v) is 13.2. The van der Waals surface area contributed by atoms with Crippen LogP contribution in [0.15, 0.2) is 18.2 Å². The van der Waals surface area contributed by atoms with Crippen LogP contribution in [0.5, 0.6) is 0 Å². The number of anilines is 2. The van der Waals surface area contributed by atoms with Gasteiger partial charge in [0.15, 0.2) is 0 Å². The maximum atomic E-state index is 12.1. The standard InChI is InChI=1S/C16H25N3O2/c1-11-9-13(19(3)4)7-8-14(11)17-15(21)18-16(2,10-20)12-5-6-12/h7-9,12,20H,5-6,10H2,1-4H3,(H2,17,18,21). The van der Waals surface area contributed by atoms with Crippen LogP contribution in [0.4, 0.5) is 16.2 Å². The molecule has 0 radical (unpaired) electrons. The molecule has 0 saturated heterocycles. The number of aryl methyl sites for hydroxylation is 1. The second-order valence-corrected chi connectivity index (χ2v) is 6.32. The van der Waals surface area contributed by atoms with Gasteiger partial charge in [0.2, 0.25) is 0 Å². The molecular weight excluding hydrogens is 266 g/mol. The maximum absolute atomic E-state index is 12.1. The summed E-state index contributed by atoms with van der Waals surface area (Å²) in [5.74, 6) is 0.380. The second kappa shape index (κ2) is 5.93. The lowest BCUT2D eigenvalue weighted by molar-refractivity contribution is 0.159. The largest absolute Gasteiger partial charge is 0.394 e. The summed E-state index contributed by atoms with van der Waals surface area (Å²) >= 11 is 0. The lowest BCUT2D eigenvalue weighted by Crippen LogP contribution is -2.52. The fraction of sp³-hybridized carbons (Fsp3) is 0.562. The van der Waals surface area contributed by atoms with Gasteiger partial charge in [0.05, 0.1) is 12.1 Å². The third-order valence-corrected chi connectivity index (χ3v) is 4.18. The fourth-order valence-corrected chi connectivity index (χ4v) is 2.47. The topological polar surface area (TPSA) is 64.6 Å². The van der Waals surface area contributed by atoms with Gasteiger partial charge in [-0.25, -0.2) is 4.79 Å². The summed E-state index contributed by atoms with van der Waals surface area (Å²) in [6.07, 6.45) is 2.13. The summed E-state index contributed by atoms with van der Waals surface area (Å²) in [7, 11) is 3.97. The van der Waals surface area contributed by atoms with Crippen molar-refractivity contribution < 1.29 is 9.90 Å². The molecule has 2 rings (SSSR count). The van der Waals surface area contributed by atoms with E-state index in [0.717, 1.165) is 29.8 Å². The van der Waals surface area contributed by atoms with E-state index in [1.165, 1.54) is 0 Å². The first kappa shape index (κ1) is 15.6. The van der Waals surface area contributed by atoms with Crippen molar-refractivity contribution in [1.29, 1.82) is 0 Å². The first-order valence-corrected chi connectivity index (χ1v) is 7.34. The molecule has 1 aromatic rings. The van der Waals surface area contributed by atoms with Gasteiger partial charge in [-0.3, -0.25) is 0 Å². The first-order valence-electron chi connectivity index (χ1n) is 7.34. The Morgan fingerprint density at radius 1 is 1.43 bits per heavy atom. The number of hydrogen-bond acceptors (Lipinski definition) is 3. The van der Waals surface area contributed by atoms with Gasteiger partial charge in [-0.1, -0.05) is 0 Å². The Morgan fingerprint density at radius 3 is 2.57 bits per heavy atom. The van der Waals surface area contributed by atoms with E-state index in [9.17, 15) is 9.90 Å². The SMILES string of the molecule is Cc1cc(N(C)C)ccc1NC(=O)NC(C)(CO)C1CC1. The lowest BCUT2D eigenvalue weighted by Gasteiger charge is -2.29. The highest BCUT2D eigenvalue weighted by Crippen LogP contribution is 2.39. The summed E-state index contributed by atoms with van der Waals surface area (Å²) < 4.78 is 0. The van der Waals surface area contributed by atoms with Crippen molar-refractivity contribution in [3.63, 3.8) is 0 Å². The van der Waals surface area contributed by atoms with Crippen LogP contribution in [-0.2, 0) is 0 Å². The van der Waals surface area contributed by atoms with Gasteiger partial charge in [-0.05, 0) is 56.4 Å². The zero-order valence-electron chi connectivity index (χ0n) is 13.2. The number of carbonyl (C=O) groups is 1. The van der Waals surface area contributed by atoms with Gasteiger partial charge in [0, 0.05) is 25.5 Å². The molecule has 116 valence electrons. The average Bonchev–Trinajstić information content (AvgIpc) is 3.25. The Bertz CT molecular complexity index is 526. The van der Waals surface area contributed by atoms with E-state index in [0.29, 0.717) is 5.92 Å². The molecule has 5 heteroatoms. The predicted octanol–water partition coefficient (Wildman–Crippen LogP) is 2.34. The van der Waals surface area contributed by atoms with Crippen LogP contribution in [0.2, 0.25) is 0 Å². The van der Waals surface area contributed by atoms with Crippen molar-refractivity contribution in [2.24, 2.45) is 5.92 Å². The molecule has 0 aliphatic heterocycles. The molecule has 1 unspecified atom stereocenters. The molecule has 1 aliphatic carbocycles. The van der Waals surface area contributed by atoms with Crippen molar-refractivity contribution in [2.75, 3.05) is 30.9 Å². The summed E-state index contributed by atoms with van der Waals surface area (Å²) in [6, 6.07) is 5.63. The molecular formula is C16H25N3O2. The fourth-order valence-electron chi connectivity index (χ4n) is 2.47. The van der Waals surface area contributed by atoms with Gasteiger partial charge in [-0.15, -0.1) is 0 Å². The Kier molecular flexibility index (Phi) is 4.42. The van der Waals surface area contributed by atoms with Crippen LogP contribution >= 0.6 is 0 Å². The number of urea groups is 1. The van der Waals surface area contributed by atoms with E-state index in [4.69, 9.17) is 0 Å². The number of aliphatic hydroxyl groups is 1. The Labute approximate surface area is 126 Å². The summed E-state index contributed by atoms with van der Waals surface area (Å²) in [5, 5.41) is 15.3. The highest BCUT2D eigenvalue weighted by molar-refractivity contribution is 5.91. The number of nitrogens with zero attached hydrogens (tertiary/aromatic N) is 1. The predicted molar refractivity (Wildman–Crippen MR) is 85.9 cm³/mol. The number of carbonyl (C=O) groups excluding carboxylic acids is 1. The summed E-state index contributed by atoms with van der Waals surface area (Å²) in [6.45, 7) is 3.82. The van der Waals surface area contributed by atoms with E-state index in [1.54, 1.807) is 0 Å². The van der Waals surface area contributed by atoms with Gasteiger partial charge >= 0.3 is 6.03 Å². The monoisotopic (exact) mass is 291 g/mol. The van der Waals surface area contributed by atoms with E-state index >= 15 is 0 Å². The van der Waals surface area contributed by atoms with Crippen LogP contribution in [-0.4, -0.2) is 37.4 Å². The van der Waals surface area contributed by atoms with Crippen LogP contribution in [0, 0.1) is 12.8 Å². The molecule has 1 aliphatic rings. The lowest BCUT2D eigenvalue weighted by atomic mass is 9.97. The smallest absolute Gasteiger partial charge is 0.319 e. The van der Waals surface area contributed by atoms with E-state index in [2.05, 4.69) is 10.6 Å². The van der Waals surface area contributed by atoms with Crippen molar-refractivity contribution >= 4 is 17.4 Å². The Balaban J connectivity index is 2.02. The highest BCUT2D eigenvalue weighted by Gasteiger charge is 2.42. The quantitative estimate of drug-likeness (QED) is 0.780. The minimum absolute atomic E-state index is 0.0381. The molecule has 1 fully saturated rings. The van der Waals surface area contributed by atoms with E-state index < -0.39 is 5.54 Å². The van der Waals surface area contributed by atoms with Gasteiger partial charge in [-0.2, -0.15) is 0 Å². The van der Waals surface area contributed by atoms with Crippen LogP contribution in [0.3, 0.4) is 0 Å². The Hall–Kier alpha value is -1.75. The molecule has 0 heterocycles. The molecule has 5 nitrogen and oxygen atoms in total. The van der Waals surface area contributed by atoms with Gasteiger partial charge in [0.1, 0.15) is 0 Å². The third kappa shape index (κ3) is 3.67. The Morgan fingerprint density at radius 2 is 2.10 bits per heavy atom. The molecule has 1 saturated carbocycles. The minimum Gasteiger partial charge on any atom is -0.394 e. The van der Waals surface area contributed by atoms with Crippen molar-refractivity contribution in [1.82, 2.24) is 5.32 Å². The van der Waals surface area contributed by atoms with E-state index in [1.807, 2.05) is 51.0 Å². The highest BCUT2D eigenvalue weighted by atomic mass is 16.3. The summed E-state index contributed by atoms with van der Waals surface area (Å²) in [5.41, 5.74) is 2.36. The number of aliphatic hydroxyl groups excluding tert-OH is 1. The molecule has 0 spiro atoms. The molecule has 21 heavy (non-hydrogen) atoms. The van der Waals surface area contributed by atoms with Crippen molar-refractivity contribution in [3.8, 4) is 0 Å². The number of benzene rings is 1. The minimum atomic E-state index is -0.526. The van der Waals surface area contributed by atoms with Crippen LogP contribution < -0.4 is 15.5 Å². The third-order valence-electron chi connectivity index (χ3n) is 4.18. The molecule has 2 amide bonds. The van der Waals surface area contributed by atoms with Crippen molar-refractivity contribution in [3.05, 3.63) is 23.8 Å². The zero-order chi connectivity index (χ0) is 15.6.